The molecule has 7 heteroatoms. The van der Waals surface area contributed by atoms with E-state index in [1.807, 2.05) is 31.2 Å². The predicted octanol–water partition coefficient (Wildman–Crippen LogP) is 2.84. The fourth-order valence-corrected chi connectivity index (χ4v) is 5.72. The van der Waals surface area contributed by atoms with E-state index < -0.39 is 6.04 Å². The maximum Gasteiger partial charge on any atom is 0.329 e. The number of rotatable bonds is 4. The normalized spacial score (nSPS) is 26.1. The molecule has 3 heterocycles. The van der Waals surface area contributed by atoms with Crippen molar-refractivity contribution >= 4 is 45.2 Å². The third-order valence-corrected chi connectivity index (χ3v) is 7.22. The first kappa shape index (κ1) is 15.9. The number of hydrogen-bond donors (Lipinski definition) is 0. The summed E-state index contributed by atoms with van der Waals surface area (Å²) in [6, 6.07) is 7.54. The smallest absolute Gasteiger partial charge is 0.329 e. The molecule has 2 saturated heterocycles. The number of para-hydroxylation sites is 1. The Morgan fingerprint density at radius 1 is 1.46 bits per heavy atom. The molecule has 0 bridgehead atoms. The van der Waals surface area contributed by atoms with Crippen LogP contribution >= 0.6 is 23.1 Å². The first-order valence-electron chi connectivity index (χ1n) is 8.04. The summed E-state index contributed by atoms with van der Waals surface area (Å²) in [5.41, 5.74) is 0.981. The van der Waals surface area contributed by atoms with Crippen LogP contribution in [-0.4, -0.2) is 45.0 Å². The van der Waals surface area contributed by atoms with Crippen LogP contribution in [0.25, 0.3) is 10.2 Å². The topological polar surface area (TPSA) is 59.5 Å². The fourth-order valence-electron chi connectivity index (χ4n) is 3.36. The average Bonchev–Trinajstić information content (AvgIpc) is 3.20. The molecule has 1 aromatic heterocycles. The van der Waals surface area contributed by atoms with E-state index in [0.29, 0.717) is 25.2 Å². The third kappa shape index (κ3) is 2.69. The van der Waals surface area contributed by atoms with Gasteiger partial charge in [0.25, 0.3) is 0 Å². The molecule has 0 aliphatic carbocycles. The van der Waals surface area contributed by atoms with Gasteiger partial charge in [-0.25, -0.2) is 9.78 Å². The first-order chi connectivity index (χ1) is 11.6. The van der Waals surface area contributed by atoms with E-state index in [9.17, 15) is 9.59 Å². The van der Waals surface area contributed by atoms with Crippen LogP contribution in [0.3, 0.4) is 0 Å². The van der Waals surface area contributed by atoms with Crippen LogP contribution in [-0.2, 0) is 20.7 Å². The molecule has 2 atom stereocenters. The van der Waals surface area contributed by atoms with Crippen LogP contribution in [0.2, 0.25) is 0 Å². The van der Waals surface area contributed by atoms with Gasteiger partial charge in [-0.3, -0.25) is 4.79 Å². The lowest BCUT2D eigenvalue weighted by atomic mass is 10.2. The highest BCUT2D eigenvalue weighted by atomic mass is 32.2. The third-order valence-electron chi connectivity index (χ3n) is 4.62. The fraction of sp³-hybridized carbons (Fsp3) is 0.471. The maximum atomic E-state index is 12.4. The van der Waals surface area contributed by atoms with Gasteiger partial charge in [-0.2, -0.15) is 0 Å². The van der Waals surface area contributed by atoms with E-state index in [-0.39, 0.29) is 16.7 Å². The predicted molar refractivity (Wildman–Crippen MR) is 95.0 cm³/mol. The van der Waals surface area contributed by atoms with Crippen LogP contribution in [0.4, 0.5) is 0 Å². The van der Waals surface area contributed by atoms with Gasteiger partial charge in [0, 0.05) is 18.6 Å². The highest BCUT2D eigenvalue weighted by molar-refractivity contribution is 8.01. The Morgan fingerprint density at radius 3 is 3.12 bits per heavy atom. The van der Waals surface area contributed by atoms with Gasteiger partial charge in [0.2, 0.25) is 5.91 Å². The summed E-state index contributed by atoms with van der Waals surface area (Å²) in [5.74, 6) is 0.403. The highest BCUT2D eigenvalue weighted by Crippen LogP contribution is 2.47. The summed E-state index contributed by atoms with van der Waals surface area (Å²) in [7, 11) is 0. The van der Waals surface area contributed by atoms with Crippen LogP contribution in [0.15, 0.2) is 24.3 Å². The Morgan fingerprint density at radius 2 is 2.29 bits per heavy atom. The number of thioether (sulfide) groups is 1. The number of amides is 1. The number of esters is 1. The SMILES string of the molecule is CC12CCC(=O)N1C(C(=O)OCCc1nc3ccccc3s1)CS2. The second-order valence-corrected chi connectivity index (χ2v) is 8.88. The van der Waals surface area contributed by atoms with Crippen molar-refractivity contribution < 1.29 is 14.3 Å². The second kappa shape index (κ2) is 6.04. The summed E-state index contributed by atoms with van der Waals surface area (Å²) >= 11 is 3.31. The lowest BCUT2D eigenvalue weighted by Gasteiger charge is -2.29. The van der Waals surface area contributed by atoms with E-state index in [1.54, 1.807) is 28.0 Å². The zero-order valence-corrected chi connectivity index (χ0v) is 15.0. The van der Waals surface area contributed by atoms with E-state index in [2.05, 4.69) is 4.98 Å². The van der Waals surface area contributed by atoms with Crippen molar-refractivity contribution in [2.75, 3.05) is 12.4 Å². The Kier molecular flexibility index (Phi) is 4.00. The number of thiazole rings is 1. The van der Waals surface area contributed by atoms with Crippen LogP contribution < -0.4 is 0 Å². The Bertz CT molecular complexity index is 773. The Hall–Kier alpha value is -1.60. The summed E-state index contributed by atoms with van der Waals surface area (Å²) in [6.07, 6.45) is 1.95. The minimum atomic E-state index is -0.439. The maximum absolute atomic E-state index is 12.4. The number of nitrogens with zero attached hydrogens (tertiary/aromatic N) is 2. The molecule has 4 rings (SSSR count). The van der Waals surface area contributed by atoms with Gasteiger partial charge in [-0.1, -0.05) is 12.1 Å². The standard InChI is InChI=1S/C17H18N2O3S2/c1-17-8-6-15(20)19(17)12(10-23-17)16(21)22-9-7-14-18-11-4-2-3-5-13(11)24-14/h2-5,12H,6-10H2,1H3. The summed E-state index contributed by atoms with van der Waals surface area (Å²) in [6.45, 7) is 2.34. The van der Waals surface area contributed by atoms with Gasteiger partial charge in [-0.15, -0.1) is 23.1 Å². The molecule has 2 aliphatic heterocycles. The molecule has 2 fully saturated rings. The van der Waals surface area contributed by atoms with Crippen LogP contribution in [0, 0.1) is 0 Å². The molecule has 5 nitrogen and oxygen atoms in total. The van der Waals surface area contributed by atoms with Gasteiger partial charge >= 0.3 is 5.97 Å². The van der Waals surface area contributed by atoms with Gasteiger partial charge in [0.05, 0.1) is 26.7 Å². The lowest BCUT2D eigenvalue weighted by Crippen LogP contribution is -2.46. The zero-order valence-electron chi connectivity index (χ0n) is 13.4. The molecule has 24 heavy (non-hydrogen) atoms. The molecular weight excluding hydrogens is 344 g/mol. The van der Waals surface area contributed by atoms with Crippen molar-refractivity contribution in [1.29, 1.82) is 0 Å². The zero-order chi connectivity index (χ0) is 16.7. The molecule has 0 saturated carbocycles. The van der Waals surface area contributed by atoms with E-state index in [0.717, 1.165) is 21.6 Å². The van der Waals surface area contributed by atoms with Crippen molar-refractivity contribution in [1.82, 2.24) is 9.88 Å². The van der Waals surface area contributed by atoms with Crippen LogP contribution in [0.1, 0.15) is 24.8 Å². The Labute approximate surface area is 148 Å². The van der Waals surface area contributed by atoms with Gasteiger partial charge in [0.1, 0.15) is 6.04 Å². The van der Waals surface area contributed by atoms with Gasteiger partial charge < -0.3 is 9.64 Å². The van der Waals surface area contributed by atoms with Gasteiger partial charge in [0.15, 0.2) is 0 Å². The number of hydrogen-bond acceptors (Lipinski definition) is 6. The van der Waals surface area contributed by atoms with Crippen LogP contribution in [0.5, 0.6) is 0 Å². The van der Waals surface area contributed by atoms with E-state index in [4.69, 9.17) is 4.74 Å². The second-order valence-electron chi connectivity index (χ2n) is 6.26. The van der Waals surface area contributed by atoms with E-state index >= 15 is 0 Å². The molecule has 126 valence electrons. The molecule has 2 aromatic rings. The largest absolute Gasteiger partial charge is 0.464 e. The molecule has 2 aliphatic rings. The van der Waals surface area contributed by atoms with Crippen molar-refractivity contribution in [3.05, 3.63) is 29.3 Å². The summed E-state index contributed by atoms with van der Waals surface area (Å²) < 4.78 is 6.59. The molecule has 0 spiro atoms. The monoisotopic (exact) mass is 362 g/mol. The van der Waals surface area contributed by atoms with Gasteiger partial charge in [-0.05, 0) is 25.5 Å². The molecule has 1 amide bonds. The minimum Gasteiger partial charge on any atom is -0.464 e. The quantitative estimate of drug-likeness (QED) is 0.783. The Balaban J connectivity index is 1.36. The molecule has 2 unspecified atom stereocenters. The lowest BCUT2D eigenvalue weighted by molar-refractivity contribution is -0.153. The number of carbonyl (C=O) groups is 2. The minimum absolute atomic E-state index is 0.0654. The number of carbonyl (C=O) groups excluding carboxylic acids is 2. The molecule has 0 radical (unpaired) electrons. The summed E-state index contributed by atoms with van der Waals surface area (Å²) in [5, 5.41) is 0.965. The first-order valence-corrected chi connectivity index (χ1v) is 9.84. The number of benzene rings is 1. The van der Waals surface area contributed by atoms with Crippen molar-refractivity contribution in [2.45, 2.75) is 37.1 Å². The average molecular weight is 362 g/mol. The number of ether oxygens (including phenoxy) is 1. The molecule has 1 aromatic carbocycles. The molecule has 0 N–H and O–H groups in total. The van der Waals surface area contributed by atoms with Crippen molar-refractivity contribution in [3.63, 3.8) is 0 Å². The summed E-state index contributed by atoms with van der Waals surface area (Å²) in [4.78, 5) is 30.5. The highest BCUT2D eigenvalue weighted by Gasteiger charge is 2.53. The van der Waals surface area contributed by atoms with Crippen molar-refractivity contribution in [2.24, 2.45) is 0 Å². The number of fused-ring (bicyclic) bond motifs is 2. The van der Waals surface area contributed by atoms with E-state index in [1.165, 1.54) is 0 Å². The number of aromatic nitrogens is 1. The van der Waals surface area contributed by atoms with Crippen molar-refractivity contribution in [3.8, 4) is 0 Å². The molecular formula is C17H18N2O3S2.